The van der Waals surface area contributed by atoms with E-state index in [1.165, 1.54) is 5.56 Å². The molecule has 4 aromatic rings. The maximum absolute atomic E-state index is 12.6. The average Bonchev–Trinajstić information content (AvgIpc) is 2.85. The van der Waals surface area contributed by atoms with Gasteiger partial charge in [-0.25, -0.2) is 9.97 Å². The Hall–Kier alpha value is -4.19. The van der Waals surface area contributed by atoms with E-state index in [4.69, 9.17) is 9.47 Å². The van der Waals surface area contributed by atoms with Crippen molar-refractivity contribution in [2.24, 2.45) is 0 Å². The summed E-state index contributed by atoms with van der Waals surface area (Å²) in [6.45, 7) is 4.28. The summed E-state index contributed by atoms with van der Waals surface area (Å²) in [5.41, 5.74) is 4.31. The van der Waals surface area contributed by atoms with Crippen LogP contribution < -0.4 is 14.8 Å². The summed E-state index contributed by atoms with van der Waals surface area (Å²) in [6.07, 6.45) is 3.38. The number of amides is 1. The highest BCUT2D eigenvalue weighted by Crippen LogP contribution is 2.25. The lowest BCUT2D eigenvalue weighted by Crippen LogP contribution is -2.11. The molecule has 0 bridgehead atoms. The number of anilines is 1. The number of carbonyl (C=O) groups is 1. The molecule has 0 radical (unpaired) electrons. The molecule has 0 aliphatic rings. The predicted octanol–water partition coefficient (Wildman–Crippen LogP) is 6.32. The van der Waals surface area contributed by atoms with E-state index in [2.05, 4.69) is 29.1 Å². The van der Waals surface area contributed by atoms with E-state index < -0.39 is 0 Å². The number of nitrogens with one attached hydrogen (secondary N) is 1. The summed E-state index contributed by atoms with van der Waals surface area (Å²) >= 11 is 0. The molecule has 0 unspecified atom stereocenters. The Morgan fingerprint density at radius 1 is 0.848 bits per heavy atom. The monoisotopic (exact) mass is 439 g/mol. The van der Waals surface area contributed by atoms with E-state index in [9.17, 15) is 4.79 Å². The van der Waals surface area contributed by atoms with Crippen LogP contribution in [0.1, 0.15) is 35.7 Å². The Morgan fingerprint density at radius 2 is 1.52 bits per heavy atom. The Bertz CT molecular complexity index is 1220. The third kappa shape index (κ3) is 5.54. The fourth-order valence-corrected chi connectivity index (χ4v) is 3.26. The second kappa shape index (κ2) is 9.96. The molecule has 0 fully saturated rings. The van der Waals surface area contributed by atoms with Crippen LogP contribution in [0.25, 0.3) is 11.1 Å². The van der Waals surface area contributed by atoms with Gasteiger partial charge in [-0.05, 0) is 53.4 Å². The van der Waals surface area contributed by atoms with E-state index >= 15 is 0 Å². The first-order chi connectivity index (χ1) is 16.0. The fourth-order valence-electron chi connectivity index (χ4n) is 3.26. The quantitative estimate of drug-likeness (QED) is 0.365. The molecule has 6 nitrogen and oxygen atoms in total. The minimum Gasteiger partial charge on any atom is -0.497 e. The highest BCUT2D eigenvalue weighted by Gasteiger charge is 2.09. The van der Waals surface area contributed by atoms with Crippen LogP contribution in [0.4, 0.5) is 5.69 Å². The maximum atomic E-state index is 12.6. The maximum Gasteiger partial charge on any atom is 0.321 e. The average molecular weight is 440 g/mol. The summed E-state index contributed by atoms with van der Waals surface area (Å²) in [6, 6.07) is 22.7. The molecule has 33 heavy (non-hydrogen) atoms. The summed E-state index contributed by atoms with van der Waals surface area (Å²) in [7, 11) is 1.60. The zero-order valence-corrected chi connectivity index (χ0v) is 18.8. The number of hydrogen-bond acceptors (Lipinski definition) is 5. The zero-order valence-electron chi connectivity index (χ0n) is 18.8. The normalized spacial score (nSPS) is 10.7. The lowest BCUT2D eigenvalue weighted by atomic mass is 10.0. The first-order valence-corrected chi connectivity index (χ1v) is 10.7. The molecule has 0 saturated carbocycles. The van der Waals surface area contributed by atoms with Crippen LogP contribution in [0.2, 0.25) is 0 Å². The molecule has 166 valence electrons. The van der Waals surface area contributed by atoms with Crippen molar-refractivity contribution in [3.8, 4) is 28.6 Å². The van der Waals surface area contributed by atoms with E-state index in [1.54, 1.807) is 37.7 Å². The molecule has 0 spiro atoms. The van der Waals surface area contributed by atoms with Crippen molar-refractivity contribution >= 4 is 11.6 Å². The molecular weight excluding hydrogens is 414 g/mol. The van der Waals surface area contributed by atoms with Crippen LogP contribution in [0.3, 0.4) is 0 Å². The van der Waals surface area contributed by atoms with E-state index in [-0.39, 0.29) is 11.9 Å². The summed E-state index contributed by atoms with van der Waals surface area (Å²) in [5, 5.41) is 2.93. The molecule has 0 atom stereocenters. The van der Waals surface area contributed by atoms with Crippen molar-refractivity contribution in [2.75, 3.05) is 12.4 Å². The largest absolute Gasteiger partial charge is 0.497 e. The van der Waals surface area contributed by atoms with Gasteiger partial charge in [0.05, 0.1) is 7.11 Å². The molecule has 1 heterocycles. The molecule has 1 N–H and O–H groups in total. The lowest BCUT2D eigenvalue weighted by Gasteiger charge is -2.09. The molecule has 0 aliphatic carbocycles. The van der Waals surface area contributed by atoms with Crippen LogP contribution in [0.15, 0.2) is 85.2 Å². The fraction of sp³-hybridized carbons (Fsp3) is 0.148. The van der Waals surface area contributed by atoms with Gasteiger partial charge in [0.15, 0.2) is 0 Å². The van der Waals surface area contributed by atoms with Gasteiger partial charge in [-0.2, -0.15) is 0 Å². The van der Waals surface area contributed by atoms with Gasteiger partial charge in [-0.15, -0.1) is 0 Å². The van der Waals surface area contributed by atoms with E-state index in [0.29, 0.717) is 23.0 Å². The van der Waals surface area contributed by atoms with Gasteiger partial charge in [0, 0.05) is 35.3 Å². The lowest BCUT2D eigenvalue weighted by molar-refractivity contribution is 0.102. The first-order valence-electron chi connectivity index (χ1n) is 10.7. The number of aromatic nitrogens is 2. The Balaban J connectivity index is 1.40. The first kappa shape index (κ1) is 22.0. The summed E-state index contributed by atoms with van der Waals surface area (Å²) < 4.78 is 10.9. The molecule has 1 amide bonds. The molecule has 0 saturated heterocycles. The van der Waals surface area contributed by atoms with Crippen molar-refractivity contribution < 1.29 is 14.3 Å². The van der Waals surface area contributed by atoms with Gasteiger partial charge in [0.25, 0.3) is 5.91 Å². The van der Waals surface area contributed by atoms with Crippen molar-refractivity contribution in [1.82, 2.24) is 9.97 Å². The molecule has 6 heteroatoms. The Labute approximate surface area is 193 Å². The Morgan fingerprint density at radius 3 is 2.15 bits per heavy atom. The van der Waals surface area contributed by atoms with E-state index in [1.807, 2.05) is 54.6 Å². The highest BCUT2D eigenvalue weighted by atomic mass is 16.5. The minimum absolute atomic E-state index is 0.155. The summed E-state index contributed by atoms with van der Waals surface area (Å²) in [5.74, 6) is 1.59. The van der Waals surface area contributed by atoms with Crippen molar-refractivity contribution in [3.05, 3.63) is 96.3 Å². The molecule has 3 aromatic carbocycles. The molecule has 4 rings (SSSR count). The third-order valence-corrected chi connectivity index (χ3v) is 5.19. The highest BCUT2D eigenvalue weighted by molar-refractivity contribution is 6.04. The number of carbonyl (C=O) groups excluding carboxylic acids is 1. The van der Waals surface area contributed by atoms with Gasteiger partial charge in [0.2, 0.25) is 0 Å². The summed E-state index contributed by atoms with van der Waals surface area (Å²) in [4.78, 5) is 21.2. The number of ether oxygens (including phenoxy) is 2. The van der Waals surface area contributed by atoms with Gasteiger partial charge < -0.3 is 14.8 Å². The third-order valence-electron chi connectivity index (χ3n) is 5.19. The topological polar surface area (TPSA) is 73.3 Å². The standard InChI is InChI=1S/C27H25N3O3/c1-18(2)19-11-13-23(14-12-19)30-26(31)21-9-7-20(8-10-21)22-16-28-27(29-17-22)33-25-6-4-5-24(15-25)32-3/h4-18H,1-3H3,(H,30,31). The van der Waals surface area contributed by atoms with Gasteiger partial charge in [-0.1, -0.05) is 44.2 Å². The van der Waals surface area contributed by atoms with E-state index in [0.717, 1.165) is 16.8 Å². The van der Waals surface area contributed by atoms with Crippen molar-refractivity contribution in [1.29, 1.82) is 0 Å². The van der Waals surface area contributed by atoms with Crippen LogP contribution in [-0.4, -0.2) is 23.0 Å². The number of rotatable bonds is 7. The van der Waals surface area contributed by atoms with Gasteiger partial charge in [0.1, 0.15) is 11.5 Å². The molecular formula is C27H25N3O3. The second-order valence-electron chi connectivity index (χ2n) is 7.84. The number of hydrogen-bond donors (Lipinski definition) is 1. The SMILES string of the molecule is COc1cccc(Oc2ncc(-c3ccc(C(=O)Nc4ccc(C(C)C)cc4)cc3)cn2)c1. The predicted molar refractivity (Wildman–Crippen MR) is 129 cm³/mol. The second-order valence-corrected chi connectivity index (χ2v) is 7.84. The number of methoxy groups -OCH3 is 1. The number of benzene rings is 3. The van der Waals surface area contributed by atoms with Crippen molar-refractivity contribution in [3.63, 3.8) is 0 Å². The van der Waals surface area contributed by atoms with Crippen LogP contribution in [0.5, 0.6) is 17.5 Å². The minimum atomic E-state index is -0.155. The zero-order chi connectivity index (χ0) is 23.2. The van der Waals surface area contributed by atoms with Crippen LogP contribution >= 0.6 is 0 Å². The Kier molecular flexibility index (Phi) is 6.64. The van der Waals surface area contributed by atoms with Gasteiger partial charge >= 0.3 is 6.01 Å². The van der Waals surface area contributed by atoms with Crippen molar-refractivity contribution in [2.45, 2.75) is 19.8 Å². The van der Waals surface area contributed by atoms with Crippen LogP contribution in [0, 0.1) is 0 Å². The molecule has 1 aromatic heterocycles. The molecule has 0 aliphatic heterocycles. The smallest absolute Gasteiger partial charge is 0.321 e. The number of nitrogens with zero attached hydrogens (tertiary/aromatic N) is 2. The van der Waals surface area contributed by atoms with Crippen LogP contribution in [-0.2, 0) is 0 Å². The van der Waals surface area contributed by atoms with Gasteiger partial charge in [-0.3, -0.25) is 4.79 Å².